The Kier molecular flexibility index (Phi) is 6.24. The molecular formula is C20H19F3N4O3. The van der Waals surface area contributed by atoms with Crippen LogP contribution < -0.4 is 15.8 Å². The highest BCUT2D eigenvalue weighted by Crippen LogP contribution is 2.21. The summed E-state index contributed by atoms with van der Waals surface area (Å²) in [7, 11) is 0. The fourth-order valence-corrected chi connectivity index (χ4v) is 2.76. The van der Waals surface area contributed by atoms with E-state index < -0.39 is 18.0 Å². The summed E-state index contributed by atoms with van der Waals surface area (Å²) in [5.74, 6) is -3.16. The quantitative estimate of drug-likeness (QED) is 0.747. The van der Waals surface area contributed by atoms with Crippen LogP contribution in [0.25, 0.3) is 0 Å². The van der Waals surface area contributed by atoms with Crippen molar-refractivity contribution < 1.29 is 27.6 Å². The van der Waals surface area contributed by atoms with Gasteiger partial charge in [0.15, 0.2) is 0 Å². The molecule has 7 nitrogen and oxygen atoms in total. The van der Waals surface area contributed by atoms with Crippen LogP contribution in [0, 0.1) is 0 Å². The molecule has 0 aliphatic carbocycles. The number of urea groups is 1. The van der Waals surface area contributed by atoms with Gasteiger partial charge >= 0.3 is 18.1 Å². The molecule has 0 spiro atoms. The molecule has 4 amide bonds. The predicted molar refractivity (Wildman–Crippen MR) is 102 cm³/mol. The highest BCUT2D eigenvalue weighted by Gasteiger charge is 2.39. The molecule has 0 aromatic heterocycles. The number of para-hydroxylation sites is 1. The molecular weight excluding hydrogens is 401 g/mol. The van der Waals surface area contributed by atoms with Gasteiger partial charge in [0.25, 0.3) is 5.91 Å². The van der Waals surface area contributed by atoms with Crippen molar-refractivity contribution in [3.05, 3.63) is 65.7 Å². The van der Waals surface area contributed by atoms with Crippen molar-refractivity contribution >= 4 is 23.5 Å². The van der Waals surface area contributed by atoms with Crippen LogP contribution in [0.4, 0.5) is 23.7 Å². The SMILES string of the molecule is O=C(NNC(=O)C(F)(F)F)c1ccc(CN(C(=O)N2CCC2)c2ccccc2)cc1. The zero-order valence-corrected chi connectivity index (χ0v) is 15.8. The molecule has 1 heterocycles. The Hall–Kier alpha value is -3.56. The van der Waals surface area contributed by atoms with Crippen LogP contribution in [0.15, 0.2) is 54.6 Å². The van der Waals surface area contributed by atoms with Crippen LogP contribution in [0.2, 0.25) is 0 Å². The Bertz CT molecular complexity index is 913. The average Bonchev–Trinajstić information content (AvgIpc) is 2.69. The van der Waals surface area contributed by atoms with Gasteiger partial charge in [0.2, 0.25) is 0 Å². The fourth-order valence-electron chi connectivity index (χ4n) is 2.76. The van der Waals surface area contributed by atoms with Crippen LogP contribution in [0.5, 0.6) is 0 Å². The van der Waals surface area contributed by atoms with E-state index >= 15 is 0 Å². The minimum Gasteiger partial charge on any atom is -0.324 e. The van der Waals surface area contributed by atoms with E-state index in [9.17, 15) is 27.6 Å². The summed E-state index contributed by atoms with van der Waals surface area (Å²) < 4.78 is 36.5. The van der Waals surface area contributed by atoms with Crippen LogP contribution in [0.3, 0.4) is 0 Å². The average molecular weight is 420 g/mol. The Balaban J connectivity index is 1.67. The molecule has 158 valence electrons. The number of nitrogens with zero attached hydrogens (tertiary/aromatic N) is 2. The van der Waals surface area contributed by atoms with Crippen LogP contribution >= 0.6 is 0 Å². The molecule has 2 aromatic carbocycles. The van der Waals surface area contributed by atoms with E-state index in [0.717, 1.165) is 17.7 Å². The summed E-state index contributed by atoms with van der Waals surface area (Å²) in [6.07, 6.45) is -4.13. The number of hydrogen-bond acceptors (Lipinski definition) is 3. The zero-order valence-electron chi connectivity index (χ0n) is 15.8. The molecule has 0 atom stereocenters. The molecule has 30 heavy (non-hydrogen) atoms. The number of hydrazine groups is 1. The van der Waals surface area contributed by atoms with Crippen molar-refractivity contribution in [2.75, 3.05) is 18.0 Å². The highest BCUT2D eigenvalue weighted by atomic mass is 19.4. The molecule has 0 bridgehead atoms. The smallest absolute Gasteiger partial charge is 0.324 e. The van der Waals surface area contributed by atoms with Crippen molar-refractivity contribution in [2.24, 2.45) is 0 Å². The number of hydrogen-bond donors (Lipinski definition) is 2. The molecule has 2 N–H and O–H groups in total. The molecule has 0 radical (unpaired) electrons. The monoisotopic (exact) mass is 420 g/mol. The number of rotatable bonds is 4. The first-order chi connectivity index (χ1) is 14.3. The second kappa shape index (κ2) is 8.85. The number of likely N-dealkylation sites (tertiary alicyclic amines) is 1. The zero-order chi connectivity index (χ0) is 21.7. The van der Waals surface area contributed by atoms with Gasteiger partial charge < -0.3 is 4.90 Å². The number of amides is 4. The summed E-state index contributed by atoms with van der Waals surface area (Å²) in [6.45, 7) is 1.65. The molecule has 1 saturated heterocycles. The minimum absolute atomic E-state index is 0.0570. The first-order valence-corrected chi connectivity index (χ1v) is 9.13. The van der Waals surface area contributed by atoms with Crippen molar-refractivity contribution in [1.82, 2.24) is 15.8 Å². The largest absolute Gasteiger partial charge is 0.472 e. The molecule has 1 aliphatic heterocycles. The first-order valence-electron chi connectivity index (χ1n) is 9.13. The summed E-state index contributed by atoms with van der Waals surface area (Å²) >= 11 is 0. The number of nitrogens with one attached hydrogen (secondary N) is 2. The maximum atomic E-state index is 12.8. The molecule has 1 aliphatic rings. The Labute approximate surface area is 170 Å². The van der Waals surface area contributed by atoms with E-state index in [0.29, 0.717) is 13.1 Å². The Morgan fingerprint density at radius 2 is 1.57 bits per heavy atom. The van der Waals surface area contributed by atoms with Gasteiger partial charge in [0.05, 0.1) is 6.54 Å². The second-order valence-electron chi connectivity index (χ2n) is 6.65. The second-order valence-corrected chi connectivity index (χ2v) is 6.65. The van der Waals surface area contributed by atoms with Crippen molar-refractivity contribution in [3.8, 4) is 0 Å². The molecule has 0 unspecified atom stereocenters. The highest BCUT2D eigenvalue weighted by molar-refractivity contribution is 5.96. The standard InChI is InChI=1S/C20H19F3N4O3/c21-20(22,23)18(29)25-24-17(28)15-9-7-14(8-10-15)13-27(16-5-2-1-3-6-16)19(30)26-11-4-12-26/h1-3,5-10H,4,11-13H2,(H,24,28)(H,25,29). The van der Waals surface area contributed by atoms with Crippen molar-refractivity contribution in [2.45, 2.75) is 19.1 Å². The van der Waals surface area contributed by atoms with Gasteiger partial charge in [-0.2, -0.15) is 13.2 Å². The number of anilines is 1. The van der Waals surface area contributed by atoms with E-state index in [1.807, 2.05) is 30.3 Å². The van der Waals surface area contributed by atoms with Crippen molar-refractivity contribution in [3.63, 3.8) is 0 Å². The third-order valence-corrected chi connectivity index (χ3v) is 4.53. The Morgan fingerprint density at radius 3 is 2.10 bits per heavy atom. The van der Waals surface area contributed by atoms with Crippen LogP contribution in [-0.2, 0) is 11.3 Å². The van der Waals surface area contributed by atoms with E-state index in [2.05, 4.69) is 0 Å². The maximum absolute atomic E-state index is 12.8. The fraction of sp³-hybridized carbons (Fsp3) is 0.250. The summed E-state index contributed by atoms with van der Waals surface area (Å²) in [5, 5.41) is 0. The van der Waals surface area contributed by atoms with E-state index in [-0.39, 0.29) is 18.1 Å². The van der Waals surface area contributed by atoms with Crippen LogP contribution in [0.1, 0.15) is 22.3 Å². The third kappa shape index (κ3) is 5.07. The van der Waals surface area contributed by atoms with Gasteiger partial charge in [-0.05, 0) is 36.2 Å². The molecule has 2 aromatic rings. The van der Waals surface area contributed by atoms with E-state index in [4.69, 9.17) is 0 Å². The number of benzene rings is 2. The number of carbonyl (C=O) groups is 3. The summed E-state index contributed by atoms with van der Waals surface area (Å²) in [4.78, 5) is 38.8. The van der Waals surface area contributed by atoms with Gasteiger partial charge in [0.1, 0.15) is 0 Å². The summed E-state index contributed by atoms with van der Waals surface area (Å²) in [5.41, 5.74) is 4.53. The third-order valence-electron chi connectivity index (χ3n) is 4.53. The van der Waals surface area contributed by atoms with Gasteiger partial charge in [-0.1, -0.05) is 30.3 Å². The van der Waals surface area contributed by atoms with Crippen LogP contribution in [-0.4, -0.2) is 42.0 Å². The number of halogens is 3. The molecule has 0 saturated carbocycles. The molecule has 3 rings (SSSR count). The van der Waals surface area contributed by atoms with Crippen molar-refractivity contribution in [1.29, 1.82) is 0 Å². The lowest BCUT2D eigenvalue weighted by Crippen LogP contribution is -2.49. The van der Waals surface area contributed by atoms with Gasteiger partial charge in [0, 0.05) is 24.3 Å². The Morgan fingerprint density at radius 1 is 0.933 bits per heavy atom. The first kappa shape index (κ1) is 21.2. The lowest BCUT2D eigenvalue weighted by molar-refractivity contribution is -0.174. The lowest BCUT2D eigenvalue weighted by Gasteiger charge is -2.36. The van der Waals surface area contributed by atoms with Gasteiger partial charge in [-0.25, -0.2) is 4.79 Å². The number of carbonyl (C=O) groups excluding carboxylic acids is 3. The molecule has 1 fully saturated rings. The topological polar surface area (TPSA) is 81.8 Å². The lowest BCUT2D eigenvalue weighted by atomic mass is 10.1. The van der Waals surface area contributed by atoms with E-state index in [1.165, 1.54) is 17.6 Å². The minimum atomic E-state index is -5.10. The maximum Gasteiger partial charge on any atom is 0.472 e. The normalized spacial score (nSPS) is 13.2. The predicted octanol–water partition coefficient (Wildman–Crippen LogP) is 2.84. The van der Waals surface area contributed by atoms with Gasteiger partial charge in [-0.3, -0.25) is 25.3 Å². The summed E-state index contributed by atoms with van der Waals surface area (Å²) in [6, 6.07) is 15.0. The van der Waals surface area contributed by atoms with E-state index in [1.54, 1.807) is 27.4 Å². The van der Waals surface area contributed by atoms with Gasteiger partial charge in [-0.15, -0.1) is 0 Å². The molecule has 10 heteroatoms. The number of alkyl halides is 3.